The fraction of sp³-hybridized carbons (Fsp3) is 0.160. The van der Waals surface area contributed by atoms with Crippen LogP contribution in [0.5, 0.6) is 5.75 Å². The Balaban J connectivity index is 1.43. The van der Waals surface area contributed by atoms with E-state index in [0.717, 1.165) is 27.1 Å². The lowest BCUT2D eigenvalue weighted by Crippen LogP contribution is -2.15. The number of para-hydroxylation sites is 1. The number of aromatic nitrogens is 3. The van der Waals surface area contributed by atoms with Crippen LogP contribution >= 0.6 is 23.5 Å². The van der Waals surface area contributed by atoms with Gasteiger partial charge in [0.2, 0.25) is 5.91 Å². The molecule has 33 heavy (non-hydrogen) atoms. The number of allylic oxidation sites excluding steroid dienone is 1. The first-order valence-corrected chi connectivity index (χ1v) is 12.6. The van der Waals surface area contributed by atoms with Crippen LogP contribution in [0.15, 0.2) is 89.4 Å². The Hall–Kier alpha value is -3.23. The molecule has 3 aromatic carbocycles. The van der Waals surface area contributed by atoms with Gasteiger partial charge >= 0.3 is 0 Å². The van der Waals surface area contributed by atoms with Crippen LogP contribution in [0.3, 0.4) is 0 Å². The largest absolute Gasteiger partial charge is 0.485 e. The average molecular weight is 477 g/mol. The number of rotatable bonds is 10. The lowest BCUT2D eigenvalue weighted by Gasteiger charge is -2.11. The molecule has 0 saturated carbocycles. The molecule has 6 nitrogen and oxygen atoms in total. The van der Waals surface area contributed by atoms with Gasteiger partial charge in [0, 0.05) is 16.8 Å². The predicted molar refractivity (Wildman–Crippen MR) is 136 cm³/mol. The maximum absolute atomic E-state index is 12.5. The number of ether oxygens (including phenoxy) is 1. The number of nitrogens with zero attached hydrogens (tertiary/aromatic N) is 3. The standard InChI is InChI=1S/C25H24N4O2S2/c1-3-15-29-23(16-31-21-13-8-10-18-9-4-5-11-19(18)21)27-28-25(29)33-17-24(30)26-20-12-6-7-14-22(20)32-2/h3-14H,1,15-17H2,2H3,(H,26,30). The molecule has 0 fully saturated rings. The van der Waals surface area contributed by atoms with Gasteiger partial charge in [0.15, 0.2) is 11.0 Å². The van der Waals surface area contributed by atoms with E-state index in [1.807, 2.05) is 65.4 Å². The van der Waals surface area contributed by atoms with Crippen molar-refractivity contribution < 1.29 is 9.53 Å². The number of carbonyl (C=O) groups is 1. The van der Waals surface area contributed by atoms with Crippen LogP contribution in [0.4, 0.5) is 5.69 Å². The number of fused-ring (bicyclic) bond motifs is 1. The fourth-order valence-electron chi connectivity index (χ4n) is 3.37. The minimum Gasteiger partial charge on any atom is -0.485 e. The predicted octanol–water partition coefficient (Wildman–Crippen LogP) is 5.65. The number of benzene rings is 3. The third kappa shape index (κ3) is 5.58. The molecule has 168 valence electrons. The topological polar surface area (TPSA) is 69.0 Å². The third-order valence-corrected chi connectivity index (χ3v) is 6.69. The van der Waals surface area contributed by atoms with E-state index in [1.165, 1.54) is 11.8 Å². The molecule has 4 rings (SSSR count). The van der Waals surface area contributed by atoms with Crippen LogP contribution in [-0.2, 0) is 17.9 Å². The molecule has 0 atom stereocenters. The Morgan fingerprint density at radius 2 is 1.88 bits per heavy atom. The summed E-state index contributed by atoms with van der Waals surface area (Å²) >= 11 is 2.94. The zero-order valence-electron chi connectivity index (χ0n) is 18.2. The van der Waals surface area contributed by atoms with E-state index < -0.39 is 0 Å². The lowest BCUT2D eigenvalue weighted by molar-refractivity contribution is -0.113. The number of amides is 1. The van der Waals surface area contributed by atoms with Crippen LogP contribution in [0.2, 0.25) is 0 Å². The minimum atomic E-state index is -0.0943. The molecule has 1 aromatic heterocycles. The Morgan fingerprint density at radius 1 is 1.09 bits per heavy atom. The zero-order chi connectivity index (χ0) is 23.0. The van der Waals surface area contributed by atoms with Gasteiger partial charge in [-0.2, -0.15) is 0 Å². The Kier molecular flexibility index (Phi) is 7.70. The second-order valence-corrected chi connectivity index (χ2v) is 8.89. The highest BCUT2D eigenvalue weighted by molar-refractivity contribution is 7.99. The van der Waals surface area contributed by atoms with Crippen LogP contribution in [-0.4, -0.2) is 32.7 Å². The zero-order valence-corrected chi connectivity index (χ0v) is 19.9. The van der Waals surface area contributed by atoms with Crippen LogP contribution in [0, 0.1) is 0 Å². The van der Waals surface area contributed by atoms with Crippen molar-refractivity contribution in [3.63, 3.8) is 0 Å². The van der Waals surface area contributed by atoms with Crippen molar-refractivity contribution in [2.75, 3.05) is 17.3 Å². The summed E-state index contributed by atoms with van der Waals surface area (Å²) < 4.78 is 8.01. The first kappa shape index (κ1) is 22.9. The van der Waals surface area contributed by atoms with E-state index in [0.29, 0.717) is 17.5 Å². The summed E-state index contributed by atoms with van der Waals surface area (Å²) in [4.78, 5) is 13.5. The van der Waals surface area contributed by atoms with Gasteiger partial charge in [-0.25, -0.2) is 0 Å². The number of hydrogen-bond acceptors (Lipinski definition) is 6. The van der Waals surface area contributed by atoms with Gasteiger partial charge in [-0.1, -0.05) is 66.4 Å². The molecule has 0 spiro atoms. The van der Waals surface area contributed by atoms with Crippen molar-refractivity contribution in [3.8, 4) is 5.75 Å². The monoisotopic (exact) mass is 476 g/mol. The smallest absolute Gasteiger partial charge is 0.234 e. The van der Waals surface area contributed by atoms with Crippen molar-refractivity contribution in [2.45, 2.75) is 23.2 Å². The Bertz CT molecular complexity index is 1270. The molecule has 0 aliphatic carbocycles. The Labute approximate surface area is 201 Å². The Morgan fingerprint density at radius 3 is 2.73 bits per heavy atom. The maximum Gasteiger partial charge on any atom is 0.234 e. The summed E-state index contributed by atoms with van der Waals surface area (Å²) in [6, 6.07) is 21.8. The molecular weight excluding hydrogens is 452 g/mol. The highest BCUT2D eigenvalue weighted by Crippen LogP contribution is 2.27. The van der Waals surface area contributed by atoms with Crippen LogP contribution in [0.25, 0.3) is 10.8 Å². The molecular formula is C25H24N4O2S2. The maximum atomic E-state index is 12.5. The molecule has 0 unspecified atom stereocenters. The molecule has 1 heterocycles. The number of nitrogens with one attached hydrogen (secondary N) is 1. The number of thioether (sulfide) groups is 2. The summed E-state index contributed by atoms with van der Waals surface area (Å²) in [7, 11) is 0. The van der Waals surface area contributed by atoms with Crippen molar-refractivity contribution in [3.05, 3.63) is 85.2 Å². The number of hydrogen-bond donors (Lipinski definition) is 1. The second-order valence-electron chi connectivity index (χ2n) is 7.10. The molecule has 1 amide bonds. The van der Waals surface area contributed by atoms with Gasteiger partial charge in [-0.05, 0) is 29.8 Å². The van der Waals surface area contributed by atoms with E-state index in [2.05, 4.69) is 34.2 Å². The number of anilines is 1. The summed E-state index contributed by atoms with van der Waals surface area (Å²) in [6.45, 7) is 4.63. The second kappa shape index (κ2) is 11.1. The molecule has 0 aliphatic rings. The molecule has 0 radical (unpaired) electrons. The fourth-order valence-corrected chi connectivity index (χ4v) is 4.69. The molecule has 0 saturated heterocycles. The summed E-state index contributed by atoms with van der Waals surface area (Å²) in [5, 5.41) is 14.4. The highest BCUT2D eigenvalue weighted by Gasteiger charge is 2.15. The van der Waals surface area contributed by atoms with Crippen molar-refractivity contribution in [2.24, 2.45) is 0 Å². The van der Waals surface area contributed by atoms with Crippen molar-refractivity contribution in [1.82, 2.24) is 14.8 Å². The SMILES string of the molecule is C=CCn1c(COc2cccc3ccccc23)nnc1SCC(=O)Nc1ccccc1SC. The summed E-state index contributed by atoms with van der Waals surface area (Å²) in [5.74, 6) is 1.60. The minimum absolute atomic E-state index is 0.0943. The highest BCUT2D eigenvalue weighted by atomic mass is 32.2. The normalized spacial score (nSPS) is 10.8. The quantitative estimate of drug-likeness (QED) is 0.236. The van der Waals surface area contributed by atoms with E-state index in [4.69, 9.17) is 4.74 Å². The van der Waals surface area contributed by atoms with Gasteiger partial charge in [-0.15, -0.1) is 28.5 Å². The van der Waals surface area contributed by atoms with Crippen molar-refractivity contribution in [1.29, 1.82) is 0 Å². The summed E-state index contributed by atoms with van der Waals surface area (Å²) in [6.07, 6.45) is 3.77. The van der Waals surface area contributed by atoms with E-state index in [-0.39, 0.29) is 18.3 Å². The number of carbonyl (C=O) groups excluding carboxylic acids is 1. The van der Waals surface area contributed by atoms with E-state index >= 15 is 0 Å². The van der Waals surface area contributed by atoms with Gasteiger partial charge in [-0.3, -0.25) is 9.36 Å². The first-order chi connectivity index (χ1) is 16.2. The molecule has 1 N–H and O–H groups in total. The third-order valence-electron chi connectivity index (χ3n) is 4.92. The molecule has 4 aromatic rings. The van der Waals surface area contributed by atoms with Gasteiger partial charge < -0.3 is 10.1 Å². The van der Waals surface area contributed by atoms with Gasteiger partial charge in [0.05, 0.1) is 11.4 Å². The van der Waals surface area contributed by atoms with Crippen LogP contribution in [0.1, 0.15) is 5.82 Å². The molecule has 0 aliphatic heterocycles. The van der Waals surface area contributed by atoms with Gasteiger partial charge in [0.25, 0.3) is 0 Å². The molecule has 8 heteroatoms. The van der Waals surface area contributed by atoms with Crippen LogP contribution < -0.4 is 10.1 Å². The van der Waals surface area contributed by atoms with Crippen molar-refractivity contribution >= 4 is 45.9 Å². The average Bonchev–Trinajstić information content (AvgIpc) is 3.23. The van der Waals surface area contributed by atoms with E-state index in [1.54, 1.807) is 17.8 Å². The summed E-state index contributed by atoms with van der Waals surface area (Å²) in [5.41, 5.74) is 0.812. The molecule has 0 bridgehead atoms. The van der Waals surface area contributed by atoms with E-state index in [9.17, 15) is 4.79 Å². The van der Waals surface area contributed by atoms with Gasteiger partial charge in [0.1, 0.15) is 12.4 Å². The first-order valence-electron chi connectivity index (χ1n) is 10.4. The lowest BCUT2D eigenvalue weighted by atomic mass is 10.1.